The van der Waals surface area contributed by atoms with E-state index in [1.165, 1.54) is 0 Å². The highest BCUT2D eigenvalue weighted by molar-refractivity contribution is 14.1. The zero-order chi connectivity index (χ0) is 14.3. The van der Waals surface area contributed by atoms with Crippen LogP contribution in [0.15, 0.2) is 24.3 Å². The topological polar surface area (TPSA) is 40.6 Å². The third-order valence-corrected chi connectivity index (χ3v) is 4.87. The molecule has 2 saturated heterocycles. The highest BCUT2D eigenvalue weighted by Crippen LogP contribution is 2.32. The van der Waals surface area contributed by atoms with E-state index in [0.717, 1.165) is 28.6 Å². The summed E-state index contributed by atoms with van der Waals surface area (Å²) in [4.78, 5) is 28.8. The third-order valence-electron chi connectivity index (χ3n) is 4.15. The molecule has 106 valence electrons. The van der Waals surface area contributed by atoms with E-state index in [1.807, 2.05) is 31.2 Å². The van der Waals surface area contributed by atoms with Crippen LogP contribution < -0.4 is 4.90 Å². The molecule has 0 bridgehead atoms. The zero-order valence-electron chi connectivity index (χ0n) is 11.4. The number of rotatable bonds is 2. The van der Waals surface area contributed by atoms with Crippen molar-refractivity contribution in [3.05, 3.63) is 27.8 Å². The van der Waals surface area contributed by atoms with Crippen LogP contribution in [0.1, 0.15) is 26.2 Å². The quantitative estimate of drug-likeness (QED) is 0.735. The summed E-state index contributed by atoms with van der Waals surface area (Å²) in [5, 5.41) is 0. The standard InChI is InChI=1S/C15H17IN2O2/c1-2-12-14(19)17-9-3-4-13(17)15(20)18(12)11-7-5-10(16)6-8-11/h5-8,12-13H,2-4,9H2,1H3. The summed E-state index contributed by atoms with van der Waals surface area (Å²) in [5.41, 5.74) is 0.835. The number of hydrogen-bond donors (Lipinski definition) is 0. The van der Waals surface area contributed by atoms with Gasteiger partial charge in [0, 0.05) is 15.8 Å². The summed E-state index contributed by atoms with van der Waals surface area (Å²) < 4.78 is 1.12. The van der Waals surface area contributed by atoms with Gasteiger partial charge in [0.05, 0.1) is 0 Å². The highest BCUT2D eigenvalue weighted by atomic mass is 127. The first-order chi connectivity index (χ1) is 9.63. The second-order valence-electron chi connectivity index (χ2n) is 5.30. The van der Waals surface area contributed by atoms with Crippen LogP contribution in [0.3, 0.4) is 0 Å². The maximum Gasteiger partial charge on any atom is 0.250 e. The number of carbonyl (C=O) groups is 2. The number of carbonyl (C=O) groups excluding carboxylic acids is 2. The van der Waals surface area contributed by atoms with Gasteiger partial charge in [0.2, 0.25) is 5.91 Å². The van der Waals surface area contributed by atoms with Gasteiger partial charge in [0.15, 0.2) is 0 Å². The van der Waals surface area contributed by atoms with Crippen LogP contribution in [-0.4, -0.2) is 35.3 Å². The van der Waals surface area contributed by atoms with Crippen LogP contribution in [0.4, 0.5) is 5.69 Å². The van der Waals surface area contributed by atoms with Crippen molar-refractivity contribution in [1.29, 1.82) is 0 Å². The predicted octanol–water partition coefficient (Wildman–Crippen LogP) is 2.41. The first kappa shape index (κ1) is 13.9. The summed E-state index contributed by atoms with van der Waals surface area (Å²) in [5.74, 6) is 0.184. The smallest absolute Gasteiger partial charge is 0.250 e. The Bertz CT molecular complexity index is 543. The van der Waals surface area contributed by atoms with Gasteiger partial charge in [-0.15, -0.1) is 0 Å². The van der Waals surface area contributed by atoms with Crippen LogP contribution in [0, 0.1) is 3.57 Å². The minimum Gasteiger partial charge on any atom is -0.329 e. The van der Waals surface area contributed by atoms with Crippen LogP contribution in [-0.2, 0) is 9.59 Å². The molecule has 2 unspecified atom stereocenters. The van der Waals surface area contributed by atoms with Gasteiger partial charge in [-0.05, 0) is 66.1 Å². The van der Waals surface area contributed by atoms with E-state index >= 15 is 0 Å². The molecule has 2 atom stereocenters. The maximum absolute atomic E-state index is 12.7. The Labute approximate surface area is 132 Å². The molecule has 1 aromatic rings. The zero-order valence-corrected chi connectivity index (χ0v) is 13.5. The number of benzene rings is 1. The third kappa shape index (κ3) is 2.12. The summed E-state index contributed by atoms with van der Waals surface area (Å²) in [7, 11) is 0. The Kier molecular flexibility index (Phi) is 3.70. The lowest BCUT2D eigenvalue weighted by molar-refractivity contribution is -0.144. The molecular formula is C15H17IN2O2. The van der Waals surface area contributed by atoms with Crippen molar-refractivity contribution in [2.75, 3.05) is 11.4 Å². The number of piperazine rings is 1. The normalized spacial score (nSPS) is 26.1. The van der Waals surface area contributed by atoms with E-state index < -0.39 is 0 Å². The van der Waals surface area contributed by atoms with Gasteiger partial charge in [-0.1, -0.05) is 6.92 Å². The minimum atomic E-state index is -0.350. The van der Waals surface area contributed by atoms with Crippen molar-refractivity contribution < 1.29 is 9.59 Å². The fourth-order valence-corrected chi connectivity index (χ4v) is 3.53. The second kappa shape index (κ2) is 5.35. The number of nitrogens with zero attached hydrogens (tertiary/aromatic N) is 2. The van der Waals surface area contributed by atoms with Gasteiger partial charge in [-0.25, -0.2) is 0 Å². The molecule has 5 heteroatoms. The number of amides is 2. The average Bonchev–Trinajstić information content (AvgIpc) is 2.94. The van der Waals surface area contributed by atoms with Gasteiger partial charge >= 0.3 is 0 Å². The Hall–Kier alpha value is -1.11. The fourth-order valence-electron chi connectivity index (χ4n) is 3.17. The molecule has 3 rings (SSSR count). The van der Waals surface area contributed by atoms with E-state index in [9.17, 15) is 9.59 Å². The molecule has 0 saturated carbocycles. The largest absolute Gasteiger partial charge is 0.329 e. The Morgan fingerprint density at radius 3 is 2.55 bits per heavy atom. The van der Waals surface area contributed by atoms with Crippen molar-refractivity contribution in [2.45, 2.75) is 38.3 Å². The lowest BCUT2D eigenvalue weighted by Crippen LogP contribution is -2.63. The molecule has 0 aliphatic carbocycles. The van der Waals surface area contributed by atoms with Gasteiger partial charge in [-0.3, -0.25) is 14.5 Å². The number of fused-ring (bicyclic) bond motifs is 1. The molecule has 0 aromatic heterocycles. The lowest BCUT2D eigenvalue weighted by Gasteiger charge is -2.42. The van der Waals surface area contributed by atoms with Crippen molar-refractivity contribution >= 4 is 40.1 Å². The van der Waals surface area contributed by atoms with Crippen LogP contribution in [0.5, 0.6) is 0 Å². The van der Waals surface area contributed by atoms with Crippen LogP contribution >= 0.6 is 22.6 Å². The molecule has 0 spiro atoms. The van der Waals surface area contributed by atoms with E-state index in [4.69, 9.17) is 0 Å². The molecule has 0 N–H and O–H groups in total. The lowest BCUT2D eigenvalue weighted by atomic mass is 10.0. The van der Waals surface area contributed by atoms with E-state index in [1.54, 1.807) is 9.80 Å². The molecule has 2 aliphatic rings. The molecule has 1 aromatic carbocycles. The Morgan fingerprint density at radius 2 is 1.90 bits per heavy atom. The summed E-state index contributed by atoms with van der Waals surface area (Å²) in [6, 6.07) is 7.21. The SMILES string of the molecule is CCC1C(=O)N2CCCC2C(=O)N1c1ccc(I)cc1. The highest BCUT2D eigenvalue weighted by Gasteiger charge is 2.47. The van der Waals surface area contributed by atoms with Gasteiger partial charge in [0.1, 0.15) is 12.1 Å². The molecule has 2 amide bonds. The van der Waals surface area contributed by atoms with Crippen molar-refractivity contribution in [1.82, 2.24) is 4.90 Å². The first-order valence-corrected chi connectivity index (χ1v) is 8.10. The monoisotopic (exact) mass is 384 g/mol. The van der Waals surface area contributed by atoms with Crippen molar-refractivity contribution in [2.24, 2.45) is 0 Å². The molecule has 0 radical (unpaired) electrons. The molecule has 2 heterocycles. The Balaban J connectivity index is 2.00. The second-order valence-corrected chi connectivity index (χ2v) is 6.54. The average molecular weight is 384 g/mol. The van der Waals surface area contributed by atoms with Gasteiger partial charge in [0.25, 0.3) is 5.91 Å². The van der Waals surface area contributed by atoms with Crippen LogP contribution in [0.25, 0.3) is 0 Å². The molecule has 2 aliphatic heterocycles. The van der Waals surface area contributed by atoms with E-state index in [2.05, 4.69) is 22.6 Å². The number of halogens is 1. The Morgan fingerprint density at radius 1 is 1.20 bits per heavy atom. The number of anilines is 1. The molecule has 20 heavy (non-hydrogen) atoms. The minimum absolute atomic E-state index is 0.0789. The molecule has 4 nitrogen and oxygen atoms in total. The first-order valence-electron chi connectivity index (χ1n) is 7.02. The summed E-state index contributed by atoms with van der Waals surface area (Å²) in [6.45, 7) is 2.69. The van der Waals surface area contributed by atoms with Crippen molar-refractivity contribution in [3.63, 3.8) is 0 Å². The van der Waals surface area contributed by atoms with Gasteiger partial charge in [-0.2, -0.15) is 0 Å². The summed E-state index contributed by atoms with van der Waals surface area (Å²) in [6.07, 6.45) is 2.38. The maximum atomic E-state index is 12.7. The summed E-state index contributed by atoms with van der Waals surface area (Å²) >= 11 is 2.24. The molecule has 2 fully saturated rings. The van der Waals surface area contributed by atoms with E-state index in [-0.39, 0.29) is 23.9 Å². The van der Waals surface area contributed by atoms with Gasteiger partial charge < -0.3 is 4.90 Å². The van der Waals surface area contributed by atoms with Crippen LogP contribution in [0.2, 0.25) is 0 Å². The van der Waals surface area contributed by atoms with Crippen molar-refractivity contribution in [3.8, 4) is 0 Å². The number of hydrogen-bond acceptors (Lipinski definition) is 2. The predicted molar refractivity (Wildman–Crippen MR) is 85.5 cm³/mol. The molecular weight excluding hydrogens is 367 g/mol. The van der Waals surface area contributed by atoms with E-state index in [0.29, 0.717) is 6.42 Å². The fraction of sp³-hybridized carbons (Fsp3) is 0.467.